The molecule has 0 saturated carbocycles. The molecule has 0 aliphatic rings. The van der Waals surface area contributed by atoms with Crippen LogP contribution in [-0.4, -0.2) is 30.2 Å². The Kier molecular flexibility index (Phi) is 4.17. The molecular weight excluding hydrogens is 290 g/mol. The van der Waals surface area contributed by atoms with E-state index in [4.69, 9.17) is 4.43 Å². The predicted molar refractivity (Wildman–Crippen MR) is 90.2 cm³/mol. The normalized spacial score (nSPS) is 13.7. The van der Waals surface area contributed by atoms with Gasteiger partial charge in [-0.3, -0.25) is 4.68 Å². The summed E-state index contributed by atoms with van der Waals surface area (Å²) in [6.07, 6.45) is 4.06. The number of hydrogen-bond donors (Lipinski definition) is 0. The molecule has 0 radical (unpaired) electrons. The van der Waals surface area contributed by atoms with Gasteiger partial charge in [0, 0.05) is 7.11 Å². The molecule has 22 heavy (non-hydrogen) atoms. The third-order valence-electron chi connectivity index (χ3n) is 3.98. The maximum atomic E-state index is 5.89. The number of benzene rings is 2. The van der Waals surface area contributed by atoms with Gasteiger partial charge in [-0.25, -0.2) is 4.98 Å². The Labute approximate surface area is 131 Å². The van der Waals surface area contributed by atoms with E-state index in [-0.39, 0.29) is 0 Å². The maximum absolute atomic E-state index is 5.89. The van der Waals surface area contributed by atoms with Gasteiger partial charge in [-0.15, -0.1) is 0 Å². The Bertz CT molecular complexity index is 713. The van der Waals surface area contributed by atoms with Crippen LogP contribution >= 0.6 is 0 Å². The molecule has 0 aliphatic carbocycles. The maximum Gasteiger partial charge on any atom is 0.241 e. The fraction of sp³-hybridized carbons (Fsp3) is 0.176. The molecule has 3 rings (SSSR count). The van der Waals surface area contributed by atoms with Gasteiger partial charge in [-0.05, 0) is 22.9 Å². The van der Waals surface area contributed by atoms with Crippen LogP contribution in [0.15, 0.2) is 67.3 Å². The Morgan fingerprint density at radius 1 is 1.00 bits per heavy atom. The molecule has 1 heterocycles. The third kappa shape index (κ3) is 3.00. The highest BCUT2D eigenvalue weighted by Crippen LogP contribution is 2.18. The van der Waals surface area contributed by atoms with Crippen LogP contribution in [0, 0.1) is 0 Å². The van der Waals surface area contributed by atoms with Crippen molar-refractivity contribution in [2.45, 2.75) is 12.7 Å². The van der Waals surface area contributed by atoms with Crippen LogP contribution in [0.25, 0.3) is 11.1 Å². The predicted octanol–water partition coefficient (Wildman–Crippen LogP) is 2.61. The summed E-state index contributed by atoms with van der Waals surface area (Å²) >= 11 is 0. The lowest BCUT2D eigenvalue weighted by Gasteiger charge is -2.25. The third-order valence-corrected chi connectivity index (χ3v) is 7.37. The summed E-state index contributed by atoms with van der Waals surface area (Å²) in [5, 5.41) is 5.45. The lowest BCUT2D eigenvalue weighted by Crippen LogP contribution is -2.51. The first-order chi connectivity index (χ1) is 10.7. The Morgan fingerprint density at radius 2 is 1.68 bits per heavy atom. The molecule has 0 spiro atoms. The quantitative estimate of drug-likeness (QED) is 0.680. The molecule has 5 heteroatoms. The smallest absolute Gasteiger partial charge is 0.241 e. The lowest BCUT2D eigenvalue weighted by atomic mass is 10.1. The molecule has 1 unspecified atom stereocenters. The molecule has 0 bridgehead atoms. The molecule has 112 valence electrons. The van der Waals surface area contributed by atoms with E-state index < -0.39 is 8.32 Å². The summed E-state index contributed by atoms with van der Waals surface area (Å²) in [5.74, 6) is 0. The van der Waals surface area contributed by atoms with Crippen molar-refractivity contribution in [1.29, 1.82) is 0 Å². The molecule has 0 aliphatic heterocycles. The summed E-state index contributed by atoms with van der Waals surface area (Å²) < 4.78 is 7.74. The number of aromatic nitrogens is 3. The van der Waals surface area contributed by atoms with Crippen LogP contribution in [0.1, 0.15) is 0 Å². The summed E-state index contributed by atoms with van der Waals surface area (Å²) in [5.41, 5.74) is 2.45. The monoisotopic (exact) mass is 309 g/mol. The number of rotatable bonds is 5. The Balaban J connectivity index is 1.87. The van der Waals surface area contributed by atoms with Gasteiger partial charge < -0.3 is 4.43 Å². The minimum Gasteiger partial charge on any atom is -0.414 e. The van der Waals surface area contributed by atoms with E-state index in [1.165, 1.54) is 16.3 Å². The first-order valence-electron chi connectivity index (χ1n) is 7.25. The van der Waals surface area contributed by atoms with E-state index in [9.17, 15) is 0 Å². The van der Waals surface area contributed by atoms with E-state index in [0.717, 1.165) is 6.17 Å². The molecule has 0 saturated heterocycles. The zero-order chi connectivity index (χ0) is 15.4. The van der Waals surface area contributed by atoms with Gasteiger partial charge in [0.15, 0.2) is 0 Å². The lowest BCUT2D eigenvalue weighted by molar-refractivity contribution is 0.397. The standard InChI is InChI=1S/C17H19N3OSi/c1-21-22(2,14-20-13-18-12-19-20)17-10-8-16(9-11-17)15-6-4-3-5-7-15/h3-13H,14H2,1-2H3. The first-order valence-corrected chi connectivity index (χ1v) is 9.86. The molecule has 0 N–H and O–H groups in total. The largest absolute Gasteiger partial charge is 0.414 e. The molecule has 0 amide bonds. The van der Waals surface area contributed by atoms with Crippen LogP contribution in [-0.2, 0) is 10.6 Å². The molecule has 1 aromatic heterocycles. The molecule has 1 atom stereocenters. The van der Waals surface area contributed by atoms with Crippen molar-refractivity contribution in [3.63, 3.8) is 0 Å². The summed E-state index contributed by atoms with van der Waals surface area (Å²) in [6.45, 7) is 2.20. The van der Waals surface area contributed by atoms with Gasteiger partial charge in [0.25, 0.3) is 0 Å². The molecule has 4 nitrogen and oxygen atoms in total. The van der Waals surface area contributed by atoms with Crippen LogP contribution in [0.5, 0.6) is 0 Å². The topological polar surface area (TPSA) is 39.9 Å². The van der Waals surface area contributed by atoms with E-state index in [0.29, 0.717) is 0 Å². The van der Waals surface area contributed by atoms with Crippen molar-refractivity contribution < 1.29 is 4.43 Å². The molecule has 0 fully saturated rings. The van der Waals surface area contributed by atoms with Crippen molar-refractivity contribution in [3.8, 4) is 11.1 Å². The van der Waals surface area contributed by atoms with Crippen LogP contribution in [0.4, 0.5) is 0 Å². The van der Waals surface area contributed by atoms with Gasteiger partial charge in [0.1, 0.15) is 12.7 Å². The average Bonchev–Trinajstić information content (AvgIpc) is 3.08. The van der Waals surface area contributed by atoms with Crippen molar-refractivity contribution in [2.24, 2.45) is 0 Å². The van der Waals surface area contributed by atoms with Crippen LogP contribution in [0.3, 0.4) is 0 Å². The molecular formula is C17H19N3OSi. The second-order valence-electron chi connectivity index (χ2n) is 5.47. The average molecular weight is 309 g/mol. The van der Waals surface area contributed by atoms with E-state index >= 15 is 0 Å². The van der Waals surface area contributed by atoms with E-state index in [2.05, 4.69) is 65.2 Å². The highest BCUT2D eigenvalue weighted by molar-refractivity contribution is 6.84. The van der Waals surface area contributed by atoms with E-state index in [1.54, 1.807) is 19.8 Å². The molecule has 2 aromatic carbocycles. The van der Waals surface area contributed by atoms with Crippen molar-refractivity contribution in [1.82, 2.24) is 14.8 Å². The minimum atomic E-state index is -2.07. The number of nitrogens with zero attached hydrogens (tertiary/aromatic N) is 3. The zero-order valence-corrected chi connectivity index (χ0v) is 13.8. The first kappa shape index (κ1) is 14.7. The summed E-state index contributed by atoms with van der Waals surface area (Å²) in [6, 6.07) is 19.1. The second kappa shape index (κ2) is 6.25. The summed E-state index contributed by atoms with van der Waals surface area (Å²) in [7, 11) is -0.281. The second-order valence-corrected chi connectivity index (χ2v) is 9.23. The van der Waals surface area contributed by atoms with E-state index in [1.807, 2.05) is 10.7 Å². The number of hydrogen-bond acceptors (Lipinski definition) is 3. The van der Waals surface area contributed by atoms with Crippen molar-refractivity contribution in [2.75, 3.05) is 7.11 Å². The van der Waals surface area contributed by atoms with Crippen LogP contribution < -0.4 is 5.19 Å². The van der Waals surface area contributed by atoms with Crippen molar-refractivity contribution >= 4 is 13.5 Å². The van der Waals surface area contributed by atoms with Crippen molar-refractivity contribution in [3.05, 3.63) is 67.3 Å². The van der Waals surface area contributed by atoms with Gasteiger partial charge in [0.2, 0.25) is 8.32 Å². The minimum absolute atomic E-state index is 0.758. The van der Waals surface area contributed by atoms with Crippen LogP contribution in [0.2, 0.25) is 6.55 Å². The highest BCUT2D eigenvalue weighted by atomic mass is 28.4. The van der Waals surface area contributed by atoms with Gasteiger partial charge in [0.05, 0.1) is 6.17 Å². The fourth-order valence-electron chi connectivity index (χ4n) is 2.54. The Morgan fingerprint density at radius 3 is 2.27 bits per heavy atom. The van der Waals surface area contributed by atoms with Gasteiger partial charge >= 0.3 is 0 Å². The Hall–Kier alpha value is -2.24. The molecule has 3 aromatic rings. The highest BCUT2D eigenvalue weighted by Gasteiger charge is 2.31. The zero-order valence-electron chi connectivity index (χ0n) is 12.8. The van der Waals surface area contributed by atoms with Gasteiger partial charge in [-0.2, -0.15) is 5.10 Å². The van der Waals surface area contributed by atoms with Gasteiger partial charge in [-0.1, -0.05) is 54.6 Å². The fourth-order valence-corrected chi connectivity index (χ4v) is 4.74. The summed E-state index contributed by atoms with van der Waals surface area (Å²) in [4.78, 5) is 4.01. The SMILES string of the molecule is CO[Si](C)(Cn1cncn1)c1ccc(-c2ccccc2)cc1.